The van der Waals surface area contributed by atoms with Gasteiger partial charge in [0.15, 0.2) is 5.78 Å². The first kappa shape index (κ1) is 9.51. The molecule has 0 fully saturated rings. The highest BCUT2D eigenvalue weighted by Crippen LogP contribution is 2.18. The van der Waals surface area contributed by atoms with Crippen molar-refractivity contribution in [1.82, 2.24) is 9.97 Å². The van der Waals surface area contributed by atoms with Gasteiger partial charge in [0.1, 0.15) is 11.5 Å². The molecule has 0 saturated heterocycles. The first-order valence-corrected chi connectivity index (χ1v) is 4.31. The number of halogens is 1. The molecule has 2 N–H and O–H groups in total. The topological polar surface area (TPSA) is 68.9 Å². The lowest BCUT2D eigenvalue weighted by molar-refractivity contribution is 0.101. The smallest absolute Gasteiger partial charge is 0.221 e. The van der Waals surface area contributed by atoms with E-state index in [1.54, 1.807) is 0 Å². The number of nitrogens with zero attached hydrogens (tertiary/aromatic N) is 2. The van der Waals surface area contributed by atoms with Crippen LogP contribution in [0.4, 0.5) is 10.3 Å². The Hall–Kier alpha value is -2.04. The molecule has 5 heteroatoms. The minimum absolute atomic E-state index is 0.0294. The largest absolute Gasteiger partial charge is 0.368 e. The fourth-order valence-electron chi connectivity index (χ4n) is 1.39. The number of carbonyl (C=O) groups excluding carboxylic acids is 1. The van der Waals surface area contributed by atoms with Crippen LogP contribution in [-0.4, -0.2) is 15.8 Å². The Morgan fingerprint density at radius 3 is 2.80 bits per heavy atom. The lowest BCUT2D eigenvalue weighted by Crippen LogP contribution is -2.04. The number of hydrogen-bond donors (Lipinski definition) is 1. The summed E-state index contributed by atoms with van der Waals surface area (Å²) in [5, 5.41) is 0.512. The molecule has 1 heterocycles. The minimum Gasteiger partial charge on any atom is -0.368 e. The highest BCUT2D eigenvalue weighted by atomic mass is 19.1. The van der Waals surface area contributed by atoms with Gasteiger partial charge in [-0.3, -0.25) is 4.79 Å². The second-order valence-corrected chi connectivity index (χ2v) is 3.15. The molecule has 0 spiro atoms. The van der Waals surface area contributed by atoms with Crippen molar-refractivity contribution in [2.45, 2.75) is 6.92 Å². The molecule has 0 bridgehead atoms. The van der Waals surface area contributed by atoms with Crippen LogP contribution in [0.25, 0.3) is 10.9 Å². The van der Waals surface area contributed by atoms with Gasteiger partial charge in [-0.05, 0) is 12.1 Å². The molecule has 0 amide bonds. The predicted molar refractivity (Wildman–Crippen MR) is 53.9 cm³/mol. The second kappa shape index (κ2) is 3.27. The van der Waals surface area contributed by atoms with Gasteiger partial charge in [-0.1, -0.05) is 0 Å². The molecular weight excluding hydrogens is 197 g/mol. The normalized spacial score (nSPS) is 10.5. The number of carbonyl (C=O) groups is 1. The number of fused-ring (bicyclic) bond motifs is 1. The zero-order valence-corrected chi connectivity index (χ0v) is 7.99. The molecule has 0 unspecified atom stereocenters. The monoisotopic (exact) mass is 205 g/mol. The number of rotatable bonds is 1. The third kappa shape index (κ3) is 1.63. The van der Waals surface area contributed by atoms with Crippen molar-refractivity contribution in [2.24, 2.45) is 0 Å². The molecule has 0 aliphatic carbocycles. The Labute approximate surface area is 84.9 Å². The molecular formula is C10H8FN3O. The first-order valence-electron chi connectivity index (χ1n) is 4.31. The number of hydrogen-bond acceptors (Lipinski definition) is 4. The van der Waals surface area contributed by atoms with Gasteiger partial charge < -0.3 is 5.73 Å². The van der Waals surface area contributed by atoms with Crippen LogP contribution in [0.5, 0.6) is 0 Å². The molecule has 0 aliphatic rings. The Morgan fingerprint density at radius 2 is 2.13 bits per heavy atom. The van der Waals surface area contributed by atoms with E-state index in [1.165, 1.54) is 25.1 Å². The summed E-state index contributed by atoms with van der Waals surface area (Å²) in [5.41, 5.74) is 5.98. The predicted octanol–water partition coefficient (Wildman–Crippen LogP) is 1.55. The van der Waals surface area contributed by atoms with Crippen LogP contribution in [0.1, 0.15) is 17.4 Å². The average Bonchev–Trinajstić information content (AvgIpc) is 2.15. The van der Waals surface area contributed by atoms with E-state index in [2.05, 4.69) is 9.97 Å². The maximum atomic E-state index is 12.9. The maximum absolute atomic E-state index is 12.9. The van der Waals surface area contributed by atoms with Crippen molar-refractivity contribution in [3.63, 3.8) is 0 Å². The SMILES string of the molecule is CC(=O)c1nc(N)nc2cc(F)ccc12. The van der Waals surface area contributed by atoms with Crippen molar-refractivity contribution >= 4 is 22.6 Å². The van der Waals surface area contributed by atoms with E-state index in [0.717, 1.165) is 0 Å². The Bertz CT molecular complexity index is 548. The molecule has 76 valence electrons. The average molecular weight is 205 g/mol. The summed E-state index contributed by atoms with van der Waals surface area (Å²) in [6.07, 6.45) is 0. The van der Waals surface area contributed by atoms with Crippen LogP contribution in [-0.2, 0) is 0 Å². The van der Waals surface area contributed by atoms with E-state index in [-0.39, 0.29) is 17.4 Å². The zero-order valence-electron chi connectivity index (χ0n) is 7.99. The van der Waals surface area contributed by atoms with Crippen LogP contribution in [0.3, 0.4) is 0 Å². The van der Waals surface area contributed by atoms with Gasteiger partial charge in [0.2, 0.25) is 5.95 Å². The fraction of sp³-hybridized carbons (Fsp3) is 0.100. The van der Waals surface area contributed by atoms with Crippen LogP contribution in [0, 0.1) is 5.82 Å². The number of ketones is 1. The van der Waals surface area contributed by atoms with E-state index < -0.39 is 5.82 Å². The van der Waals surface area contributed by atoms with E-state index in [9.17, 15) is 9.18 Å². The third-order valence-electron chi connectivity index (χ3n) is 2.01. The summed E-state index contributed by atoms with van der Waals surface area (Å²) >= 11 is 0. The number of anilines is 1. The highest BCUT2D eigenvalue weighted by Gasteiger charge is 2.10. The summed E-state index contributed by atoms with van der Waals surface area (Å²) in [7, 11) is 0. The minimum atomic E-state index is -0.421. The van der Waals surface area contributed by atoms with Gasteiger partial charge in [-0.15, -0.1) is 0 Å². The Kier molecular flexibility index (Phi) is 2.07. The summed E-state index contributed by atoms with van der Waals surface area (Å²) in [5.74, 6) is -0.672. The lowest BCUT2D eigenvalue weighted by atomic mass is 10.1. The molecule has 1 aromatic heterocycles. The summed E-state index contributed by atoms with van der Waals surface area (Å²) in [6, 6.07) is 3.95. The van der Waals surface area contributed by atoms with Crippen molar-refractivity contribution in [3.8, 4) is 0 Å². The van der Waals surface area contributed by atoms with Gasteiger partial charge in [-0.25, -0.2) is 14.4 Å². The summed E-state index contributed by atoms with van der Waals surface area (Å²) in [6.45, 7) is 1.38. The summed E-state index contributed by atoms with van der Waals surface area (Å²) < 4.78 is 12.9. The molecule has 1 aromatic carbocycles. The van der Waals surface area contributed by atoms with Crippen molar-refractivity contribution in [3.05, 3.63) is 29.7 Å². The number of aromatic nitrogens is 2. The van der Waals surface area contributed by atoms with Gasteiger partial charge >= 0.3 is 0 Å². The molecule has 0 saturated carbocycles. The molecule has 2 aromatic rings. The van der Waals surface area contributed by atoms with Crippen molar-refractivity contribution in [2.75, 3.05) is 5.73 Å². The zero-order chi connectivity index (χ0) is 11.0. The molecule has 0 radical (unpaired) electrons. The van der Waals surface area contributed by atoms with Crippen LogP contribution in [0.15, 0.2) is 18.2 Å². The fourth-order valence-corrected chi connectivity index (χ4v) is 1.39. The van der Waals surface area contributed by atoms with Crippen LogP contribution >= 0.6 is 0 Å². The summed E-state index contributed by atoms with van der Waals surface area (Å²) in [4.78, 5) is 18.9. The molecule has 15 heavy (non-hydrogen) atoms. The maximum Gasteiger partial charge on any atom is 0.221 e. The van der Waals surface area contributed by atoms with E-state index in [4.69, 9.17) is 5.73 Å². The number of nitrogens with two attached hydrogens (primary N) is 1. The molecule has 2 rings (SSSR count). The van der Waals surface area contributed by atoms with Gasteiger partial charge in [0.25, 0.3) is 0 Å². The molecule has 0 atom stereocenters. The third-order valence-corrected chi connectivity index (χ3v) is 2.01. The highest BCUT2D eigenvalue weighted by molar-refractivity contribution is 6.04. The Morgan fingerprint density at radius 1 is 1.40 bits per heavy atom. The standard InChI is InChI=1S/C10H8FN3O/c1-5(15)9-7-3-2-6(11)4-8(7)13-10(12)14-9/h2-4H,1H3,(H2,12,13,14). The quantitative estimate of drug-likeness (QED) is 0.717. The number of nitrogen functional groups attached to an aromatic ring is 1. The van der Waals surface area contributed by atoms with Crippen LogP contribution < -0.4 is 5.73 Å². The molecule has 0 aliphatic heterocycles. The second-order valence-electron chi connectivity index (χ2n) is 3.15. The number of benzene rings is 1. The van der Waals surface area contributed by atoms with Gasteiger partial charge in [0, 0.05) is 18.4 Å². The van der Waals surface area contributed by atoms with E-state index in [0.29, 0.717) is 10.9 Å². The molecule has 4 nitrogen and oxygen atoms in total. The van der Waals surface area contributed by atoms with Crippen molar-refractivity contribution in [1.29, 1.82) is 0 Å². The number of Topliss-reactive ketones (excluding diaryl/α,β-unsaturated/α-hetero) is 1. The van der Waals surface area contributed by atoms with Crippen molar-refractivity contribution < 1.29 is 9.18 Å². The first-order chi connectivity index (χ1) is 7.08. The van der Waals surface area contributed by atoms with E-state index in [1.807, 2.05) is 0 Å². The Balaban J connectivity index is 2.86. The van der Waals surface area contributed by atoms with E-state index >= 15 is 0 Å². The van der Waals surface area contributed by atoms with Gasteiger partial charge in [0.05, 0.1) is 5.52 Å². The van der Waals surface area contributed by atoms with Gasteiger partial charge in [-0.2, -0.15) is 0 Å². The van der Waals surface area contributed by atoms with Crippen LogP contribution in [0.2, 0.25) is 0 Å². The lowest BCUT2D eigenvalue weighted by Gasteiger charge is -2.03.